The Morgan fingerprint density at radius 2 is 2.05 bits per heavy atom. The summed E-state index contributed by atoms with van der Waals surface area (Å²) < 4.78 is 0. The Morgan fingerprint density at radius 1 is 1.40 bits per heavy atom. The second-order valence-electron chi connectivity index (χ2n) is 6.87. The van der Waals surface area contributed by atoms with Crippen molar-refractivity contribution in [3.05, 3.63) is 0 Å². The second kappa shape index (κ2) is 7.62. The predicted molar refractivity (Wildman–Crippen MR) is 83.0 cm³/mol. The minimum absolute atomic E-state index is 0. The summed E-state index contributed by atoms with van der Waals surface area (Å²) in [6.45, 7) is 5.86. The molecule has 118 valence electrons. The summed E-state index contributed by atoms with van der Waals surface area (Å²) in [6, 6.07) is -0.201. The van der Waals surface area contributed by atoms with Crippen LogP contribution in [0.1, 0.15) is 52.4 Å². The topological polar surface area (TPSA) is 61.4 Å². The lowest BCUT2D eigenvalue weighted by atomic mass is 9.78. The van der Waals surface area contributed by atoms with Crippen LogP contribution in [0.25, 0.3) is 0 Å². The van der Waals surface area contributed by atoms with E-state index in [4.69, 9.17) is 0 Å². The van der Waals surface area contributed by atoms with E-state index in [1.807, 2.05) is 0 Å². The summed E-state index contributed by atoms with van der Waals surface area (Å²) >= 11 is 0. The van der Waals surface area contributed by atoms with E-state index in [2.05, 4.69) is 24.5 Å². The molecule has 20 heavy (non-hydrogen) atoms. The zero-order chi connectivity index (χ0) is 13.9. The first-order valence-corrected chi connectivity index (χ1v) is 7.70. The zero-order valence-corrected chi connectivity index (χ0v) is 13.5. The smallest absolute Gasteiger partial charge is 0.237 e. The molecule has 0 spiro atoms. The van der Waals surface area contributed by atoms with Gasteiger partial charge in [0.25, 0.3) is 0 Å². The van der Waals surface area contributed by atoms with Crippen molar-refractivity contribution in [2.24, 2.45) is 11.3 Å². The molecular formula is C15H29ClN2O2. The fourth-order valence-electron chi connectivity index (χ4n) is 3.76. The van der Waals surface area contributed by atoms with Gasteiger partial charge >= 0.3 is 0 Å². The summed E-state index contributed by atoms with van der Waals surface area (Å²) in [6.07, 6.45) is 6.45. The Bertz CT molecular complexity index is 317. The normalized spacial score (nSPS) is 28.4. The number of amides is 1. The van der Waals surface area contributed by atoms with Crippen LogP contribution in [0.2, 0.25) is 0 Å². The highest BCUT2D eigenvalue weighted by Crippen LogP contribution is 2.42. The lowest BCUT2D eigenvalue weighted by molar-refractivity contribution is -0.123. The van der Waals surface area contributed by atoms with Crippen molar-refractivity contribution < 1.29 is 9.90 Å². The molecule has 0 aromatic heterocycles. The molecule has 3 N–H and O–H groups in total. The van der Waals surface area contributed by atoms with Crippen LogP contribution in [0.5, 0.6) is 0 Å². The van der Waals surface area contributed by atoms with Gasteiger partial charge < -0.3 is 15.7 Å². The number of nitrogens with one attached hydrogen (secondary N) is 2. The predicted octanol–water partition coefficient (Wildman–Crippen LogP) is 1.85. The molecule has 2 rings (SSSR count). The number of carbonyl (C=O) groups excluding carboxylic acids is 1. The number of carbonyl (C=O) groups is 1. The van der Waals surface area contributed by atoms with Gasteiger partial charge in [-0.2, -0.15) is 0 Å². The van der Waals surface area contributed by atoms with Crippen molar-refractivity contribution in [3.63, 3.8) is 0 Å². The molecule has 0 bridgehead atoms. The van der Waals surface area contributed by atoms with E-state index in [9.17, 15) is 9.90 Å². The maximum absolute atomic E-state index is 12.1. The number of aliphatic hydroxyl groups is 1. The maximum atomic E-state index is 12.1. The molecule has 2 unspecified atom stereocenters. The minimum Gasteiger partial charge on any atom is -0.392 e. The van der Waals surface area contributed by atoms with Gasteiger partial charge in [-0.15, -0.1) is 12.4 Å². The third-order valence-electron chi connectivity index (χ3n) is 4.57. The molecular weight excluding hydrogens is 276 g/mol. The van der Waals surface area contributed by atoms with Gasteiger partial charge in [-0.3, -0.25) is 4.79 Å². The molecule has 0 aromatic carbocycles. The van der Waals surface area contributed by atoms with Gasteiger partial charge in [-0.25, -0.2) is 0 Å². The van der Waals surface area contributed by atoms with Crippen LogP contribution in [0.4, 0.5) is 0 Å². The van der Waals surface area contributed by atoms with Gasteiger partial charge in [0.05, 0.1) is 12.1 Å². The SMILES string of the molecule is CC(C)CC1(CNC(=O)C2CC(O)CN2)CCCC1.Cl. The van der Waals surface area contributed by atoms with Crippen LogP contribution in [-0.2, 0) is 4.79 Å². The summed E-state index contributed by atoms with van der Waals surface area (Å²) in [5.41, 5.74) is 0.320. The highest BCUT2D eigenvalue weighted by atomic mass is 35.5. The largest absolute Gasteiger partial charge is 0.392 e. The molecule has 2 atom stereocenters. The van der Waals surface area contributed by atoms with Crippen LogP contribution in [0, 0.1) is 11.3 Å². The van der Waals surface area contributed by atoms with Crippen LogP contribution >= 0.6 is 12.4 Å². The summed E-state index contributed by atoms with van der Waals surface area (Å²) in [7, 11) is 0. The standard InChI is InChI=1S/C15H28N2O2.ClH/c1-11(2)8-15(5-3-4-6-15)10-17-14(19)13-7-12(18)9-16-13;/h11-13,16,18H,3-10H2,1-2H3,(H,17,19);1H. The van der Waals surface area contributed by atoms with Crippen LogP contribution in [-0.4, -0.2) is 36.2 Å². The van der Waals surface area contributed by atoms with Crippen molar-refractivity contribution >= 4 is 18.3 Å². The fourth-order valence-corrected chi connectivity index (χ4v) is 3.76. The van der Waals surface area contributed by atoms with Gasteiger partial charge in [-0.1, -0.05) is 26.7 Å². The Balaban J connectivity index is 0.00000200. The first kappa shape index (κ1) is 17.7. The van der Waals surface area contributed by atoms with E-state index >= 15 is 0 Å². The Kier molecular flexibility index (Phi) is 6.76. The number of hydrogen-bond acceptors (Lipinski definition) is 3. The first-order valence-electron chi connectivity index (χ1n) is 7.70. The second-order valence-corrected chi connectivity index (χ2v) is 6.87. The number of hydrogen-bond donors (Lipinski definition) is 3. The van der Waals surface area contributed by atoms with E-state index in [1.165, 1.54) is 32.1 Å². The molecule has 1 aliphatic heterocycles. The molecule has 2 aliphatic rings. The lowest BCUT2D eigenvalue weighted by Crippen LogP contribution is -2.45. The molecule has 1 aliphatic carbocycles. The number of β-amino-alcohol motifs (C(OH)–C–C–N with tert-alkyl or cyclic N) is 1. The molecule has 1 heterocycles. The van der Waals surface area contributed by atoms with E-state index in [0.717, 1.165) is 6.54 Å². The van der Waals surface area contributed by atoms with Crippen molar-refractivity contribution in [2.75, 3.05) is 13.1 Å². The highest BCUT2D eigenvalue weighted by molar-refractivity contribution is 5.85. The minimum atomic E-state index is -0.369. The molecule has 1 saturated heterocycles. The lowest BCUT2D eigenvalue weighted by Gasteiger charge is -2.31. The molecule has 1 saturated carbocycles. The summed E-state index contributed by atoms with van der Waals surface area (Å²) in [4.78, 5) is 12.1. The maximum Gasteiger partial charge on any atom is 0.237 e. The van der Waals surface area contributed by atoms with Crippen molar-refractivity contribution in [3.8, 4) is 0 Å². The average Bonchev–Trinajstić information content (AvgIpc) is 2.95. The van der Waals surface area contributed by atoms with Gasteiger partial charge in [0.1, 0.15) is 0 Å². The Labute approximate surface area is 128 Å². The number of halogens is 1. The Morgan fingerprint density at radius 3 is 2.55 bits per heavy atom. The van der Waals surface area contributed by atoms with E-state index in [0.29, 0.717) is 24.3 Å². The first-order chi connectivity index (χ1) is 9.01. The zero-order valence-electron chi connectivity index (χ0n) is 12.7. The van der Waals surface area contributed by atoms with Crippen molar-refractivity contribution in [1.29, 1.82) is 0 Å². The quantitative estimate of drug-likeness (QED) is 0.726. The molecule has 4 nitrogen and oxygen atoms in total. The number of rotatable bonds is 5. The van der Waals surface area contributed by atoms with E-state index in [1.54, 1.807) is 0 Å². The van der Waals surface area contributed by atoms with E-state index in [-0.39, 0.29) is 30.5 Å². The van der Waals surface area contributed by atoms with Gasteiger partial charge in [-0.05, 0) is 37.0 Å². The van der Waals surface area contributed by atoms with Gasteiger partial charge in [0.15, 0.2) is 0 Å². The fraction of sp³-hybridized carbons (Fsp3) is 0.933. The van der Waals surface area contributed by atoms with Gasteiger partial charge in [0.2, 0.25) is 5.91 Å². The average molecular weight is 305 g/mol. The van der Waals surface area contributed by atoms with Crippen molar-refractivity contribution in [2.45, 2.75) is 64.5 Å². The summed E-state index contributed by atoms with van der Waals surface area (Å²) in [5.74, 6) is 0.744. The van der Waals surface area contributed by atoms with E-state index < -0.39 is 0 Å². The Hall–Kier alpha value is -0.320. The van der Waals surface area contributed by atoms with Gasteiger partial charge in [0, 0.05) is 13.1 Å². The molecule has 5 heteroatoms. The monoisotopic (exact) mass is 304 g/mol. The summed E-state index contributed by atoms with van der Waals surface area (Å²) in [5, 5.41) is 15.6. The molecule has 1 amide bonds. The van der Waals surface area contributed by atoms with Crippen LogP contribution in [0.15, 0.2) is 0 Å². The van der Waals surface area contributed by atoms with Crippen molar-refractivity contribution in [1.82, 2.24) is 10.6 Å². The molecule has 2 fully saturated rings. The third-order valence-corrected chi connectivity index (χ3v) is 4.57. The number of aliphatic hydroxyl groups excluding tert-OH is 1. The highest BCUT2D eigenvalue weighted by Gasteiger charge is 2.36. The van der Waals surface area contributed by atoms with Crippen LogP contribution < -0.4 is 10.6 Å². The van der Waals surface area contributed by atoms with Crippen LogP contribution in [0.3, 0.4) is 0 Å². The third kappa shape index (κ3) is 4.61. The molecule has 0 aromatic rings. The molecule has 0 radical (unpaired) electrons.